The Morgan fingerprint density at radius 1 is 1.08 bits per heavy atom. The minimum Gasteiger partial charge on any atom is -0.360 e. The fourth-order valence-corrected chi connectivity index (χ4v) is 3.75. The van der Waals surface area contributed by atoms with E-state index < -0.39 is 0 Å². The van der Waals surface area contributed by atoms with Crippen LogP contribution in [0.15, 0.2) is 48.5 Å². The standard InChI is InChI=1S/C20H21N3O2/c1-14(22-12-6-8-15-7-2-4-10-17(15)22)20(25)23-13-19(24)21-16-9-3-5-11-18(16)23/h2-5,7,9-11,14H,6,8,12-13H2,1H3,(H,21,24). The van der Waals surface area contributed by atoms with Crippen LogP contribution in [0.2, 0.25) is 0 Å². The van der Waals surface area contributed by atoms with Gasteiger partial charge < -0.3 is 10.2 Å². The molecule has 25 heavy (non-hydrogen) atoms. The molecular weight excluding hydrogens is 314 g/mol. The summed E-state index contributed by atoms with van der Waals surface area (Å²) >= 11 is 0. The van der Waals surface area contributed by atoms with Crippen LogP contribution in [0.5, 0.6) is 0 Å². The molecule has 128 valence electrons. The Balaban J connectivity index is 1.65. The van der Waals surface area contributed by atoms with Gasteiger partial charge in [-0.15, -0.1) is 0 Å². The normalized spacial score (nSPS) is 17.4. The molecule has 5 nitrogen and oxygen atoms in total. The lowest BCUT2D eigenvalue weighted by atomic mass is 10.00. The second-order valence-corrected chi connectivity index (χ2v) is 6.59. The average molecular weight is 335 g/mol. The number of fused-ring (bicyclic) bond motifs is 2. The zero-order valence-corrected chi connectivity index (χ0v) is 14.2. The van der Waals surface area contributed by atoms with Crippen LogP contribution in [0.3, 0.4) is 0 Å². The first kappa shape index (κ1) is 15.7. The van der Waals surface area contributed by atoms with E-state index in [-0.39, 0.29) is 24.4 Å². The maximum Gasteiger partial charge on any atom is 0.249 e. The van der Waals surface area contributed by atoms with Crippen LogP contribution in [-0.2, 0) is 16.0 Å². The van der Waals surface area contributed by atoms with Crippen molar-refractivity contribution in [3.05, 3.63) is 54.1 Å². The van der Waals surface area contributed by atoms with Crippen molar-refractivity contribution in [2.75, 3.05) is 28.2 Å². The van der Waals surface area contributed by atoms with E-state index in [4.69, 9.17) is 0 Å². The zero-order valence-electron chi connectivity index (χ0n) is 14.2. The molecule has 2 heterocycles. The summed E-state index contributed by atoms with van der Waals surface area (Å²) in [6, 6.07) is 15.4. The van der Waals surface area contributed by atoms with Crippen LogP contribution >= 0.6 is 0 Å². The number of hydrogen-bond donors (Lipinski definition) is 1. The third-order valence-electron chi connectivity index (χ3n) is 5.01. The van der Waals surface area contributed by atoms with Crippen LogP contribution in [0.4, 0.5) is 17.1 Å². The van der Waals surface area contributed by atoms with Gasteiger partial charge in [0, 0.05) is 12.2 Å². The van der Waals surface area contributed by atoms with Gasteiger partial charge in [-0.3, -0.25) is 14.5 Å². The molecule has 2 aromatic carbocycles. The fourth-order valence-electron chi connectivity index (χ4n) is 3.75. The van der Waals surface area contributed by atoms with Gasteiger partial charge in [-0.05, 0) is 43.5 Å². The summed E-state index contributed by atoms with van der Waals surface area (Å²) in [5.74, 6) is -0.197. The van der Waals surface area contributed by atoms with Crippen molar-refractivity contribution in [2.45, 2.75) is 25.8 Å². The van der Waals surface area contributed by atoms with Gasteiger partial charge in [0.25, 0.3) is 0 Å². The Kier molecular flexibility index (Phi) is 3.92. The van der Waals surface area contributed by atoms with E-state index in [0.717, 1.165) is 30.8 Å². The molecule has 0 bridgehead atoms. The predicted octanol–water partition coefficient (Wildman–Crippen LogP) is 2.81. The molecule has 1 unspecified atom stereocenters. The van der Waals surface area contributed by atoms with E-state index in [0.29, 0.717) is 5.69 Å². The highest BCUT2D eigenvalue weighted by Crippen LogP contribution is 2.32. The Hall–Kier alpha value is -2.82. The molecule has 0 aromatic heterocycles. The van der Waals surface area contributed by atoms with Crippen LogP contribution in [-0.4, -0.2) is 30.9 Å². The SMILES string of the molecule is CC(C(=O)N1CC(=O)Nc2ccccc21)N1CCCc2ccccc21. The second kappa shape index (κ2) is 6.24. The zero-order chi connectivity index (χ0) is 17.4. The van der Waals surface area contributed by atoms with Crippen LogP contribution < -0.4 is 15.1 Å². The van der Waals surface area contributed by atoms with E-state index in [1.807, 2.05) is 43.3 Å². The molecule has 2 aliphatic heterocycles. The number of para-hydroxylation sites is 3. The maximum absolute atomic E-state index is 13.2. The van der Waals surface area contributed by atoms with Gasteiger partial charge in [0.05, 0.1) is 11.4 Å². The molecule has 0 aliphatic carbocycles. The Morgan fingerprint density at radius 2 is 1.80 bits per heavy atom. The first-order valence-corrected chi connectivity index (χ1v) is 8.70. The van der Waals surface area contributed by atoms with Crippen molar-refractivity contribution in [1.82, 2.24) is 0 Å². The fraction of sp³-hybridized carbons (Fsp3) is 0.300. The van der Waals surface area contributed by atoms with Gasteiger partial charge in [0.2, 0.25) is 11.8 Å². The number of carbonyl (C=O) groups excluding carboxylic acids is 2. The molecule has 0 saturated heterocycles. The number of benzene rings is 2. The Labute approximate surface area is 147 Å². The molecule has 2 aliphatic rings. The first-order chi connectivity index (χ1) is 12.1. The first-order valence-electron chi connectivity index (χ1n) is 8.70. The minimum absolute atomic E-state index is 0.0426. The quantitative estimate of drug-likeness (QED) is 0.918. The highest BCUT2D eigenvalue weighted by Gasteiger charge is 2.33. The summed E-state index contributed by atoms with van der Waals surface area (Å²) < 4.78 is 0. The lowest BCUT2D eigenvalue weighted by molar-refractivity contribution is -0.122. The van der Waals surface area contributed by atoms with Gasteiger partial charge in [-0.2, -0.15) is 0 Å². The number of aryl methyl sites for hydroxylation is 1. The van der Waals surface area contributed by atoms with E-state index in [9.17, 15) is 9.59 Å². The van der Waals surface area contributed by atoms with Gasteiger partial charge in [-0.25, -0.2) is 0 Å². The monoisotopic (exact) mass is 335 g/mol. The Bertz CT molecular complexity index is 833. The number of nitrogens with one attached hydrogen (secondary N) is 1. The van der Waals surface area contributed by atoms with Gasteiger partial charge in [0.15, 0.2) is 0 Å². The summed E-state index contributed by atoms with van der Waals surface area (Å²) in [5, 5.41) is 2.83. The Morgan fingerprint density at radius 3 is 2.64 bits per heavy atom. The van der Waals surface area contributed by atoms with Crippen molar-refractivity contribution in [3.8, 4) is 0 Å². The van der Waals surface area contributed by atoms with Crippen LogP contribution in [0.25, 0.3) is 0 Å². The minimum atomic E-state index is -0.319. The number of nitrogens with zero attached hydrogens (tertiary/aromatic N) is 2. The molecule has 5 heteroatoms. The second-order valence-electron chi connectivity index (χ2n) is 6.59. The molecule has 2 amide bonds. The third-order valence-corrected chi connectivity index (χ3v) is 5.01. The van der Waals surface area contributed by atoms with E-state index in [2.05, 4.69) is 22.3 Å². The van der Waals surface area contributed by atoms with E-state index in [1.165, 1.54) is 5.56 Å². The summed E-state index contributed by atoms with van der Waals surface area (Å²) in [7, 11) is 0. The maximum atomic E-state index is 13.2. The van der Waals surface area contributed by atoms with Crippen molar-refractivity contribution in [2.24, 2.45) is 0 Å². The molecular formula is C20H21N3O2. The van der Waals surface area contributed by atoms with Crippen molar-refractivity contribution < 1.29 is 9.59 Å². The number of rotatable bonds is 2. The molecule has 4 rings (SSSR count). The molecule has 0 radical (unpaired) electrons. The smallest absolute Gasteiger partial charge is 0.249 e. The number of anilines is 3. The summed E-state index contributed by atoms with van der Waals surface area (Å²) in [6.45, 7) is 2.85. The summed E-state index contributed by atoms with van der Waals surface area (Å²) in [4.78, 5) is 29.0. The van der Waals surface area contributed by atoms with Crippen molar-refractivity contribution in [3.63, 3.8) is 0 Å². The van der Waals surface area contributed by atoms with E-state index in [1.54, 1.807) is 4.90 Å². The van der Waals surface area contributed by atoms with E-state index >= 15 is 0 Å². The van der Waals surface area contributed by atoms with Crippen LogP contribution in [0.1, 0.15) is 18.9 Å². The molecule has 0 saturated carbocycles. The lowest BCUT2D eigenvalue weighted by Gasteiger charge is -2.38. The highest BCUT2D eigenvalue weighted by atomic mass is 16.2. The number of amides is 2. The number of carbonyl (C=O) groups is 2. The largest absolute Gasteiger partial charge is 0.360 e. The molecule has 1 N–H and O–H groups in total. The topological polar surface area (TPSA) is 52.7 Å². The van der Waals surface area contributed by atoms with Gasteiger partial charge >= 0.3 is 0 Å². The van der Waals surface area contributed by atoms with Crippen molar-refractivity contribution in [1.29, 1.82) is 0 Å². The predicted molar refractivity (Wildman–Crippen MR) is 99.0 cm³/mol. The lowest BCUT2D eigenvalue weighted by Crippen LogP contribution is -2.52. The highest BCUT2D eigenvalue weighted by molar-refractivity contribution is 6.11. The third kappa shape index (κ3) is 2.76. The van der Waals surface area contributed by atoms with Gasteiger partial charge in [0.1, 0.15) is 12.6 Å². The summed E-state index contributed by atoms with van der Waals surface area (Å²) in [5.41, 5.74) is 3.87. The summed E-state index contributed by atoms with van der Waals surface area (Å²) in [6.07, 6.45) is 2.08. The van der Waals surface area contributed by atoms with Crippen LogP contribution in [0, 0.1) is 0 Å². The molecule has 0 spiro atoms. The average Bonchev–Trinajstić information content (AvgIpc) is 2.65. The molecule has 0 fully saturated rings. The number of hydrogen-bond acceptors (Lipinski definition) is 3. The molecule has 2 aromatic rings. The van der Waals surface area contributed by atoms with Crippen molar-refractivity contribution >= 4 is 28.9 Å². The van der Waals surface area contributed by atoms with Gasteiger partial charge in [-0.1, -0.05) is 30.3 Å². The molecule has 1 atom stereocenters.